The van der Waals surface area contributed by atoms with Gasteiger partial charge in [0.25, 0.3) is 0 Å². The van der Waals surface area contributed by atoms with Crippen molar-refractivity contribution in [3.63, 3.8) is 0 Å². The van der Waals surface area contributed by atoms with E-state index in [4.69, 9.17) is 0 Å². The maximum absolute atomic E-state index is 3.19. The molecule has 0 amide bonds. The second-order valence-corrected chi connectivity index (χ2v) is 9.88. The molecule has 0 aromatic rings. The van der Waals surface area contributed by atoms with Gasteiger partial charge in [0.05, 0.1) is 0 Å². The SMILES string of the molecule is [Br][Ti][Br].[CH]1[CH][CH][CH][CH]1.[CH]1[CH][CH][CH][CH]1. The molecule has 13 heavy (non-hydrogen) atoms. The molecule has 2 fully saturated rings. The van der Waals surface area contributed by atoms with Gasteiger partial charge in [0.1, 0.15) is 0 Å². The van der Waals surface area contributed by atoms with E-state index in [-0.39, 0.29) is 15.0 Å². The largest absolute Gasteiger partial charge is 0.0312 e. The van der Waals surface area contributed by atoms with Crippen molar-refractivity contribution in [2.24, 2.45) is 0 Å². The van der Waals surface area contributed by atoms with E-state index in [1.165, 1.54) is 0 Å². The summed E-state index contributed by atoms with van der Waals surface area (Å²) in [5.41, 5.74) is 0. The zero-order valence-corrected chi connectivity index (χ0v) is 11.8. The van der Waals surface area contributed by atoms with Crippen LogP contribution < -0.4 is 0 Å². The van der Waals surface area contributed by atoms with Gasteiger partial charge < -0.3 is 0 Å². The first kappa shape index (κ1) is 14.7. The molecule has 2 aliphatic rings. The molecule has 2 rings (SSSR count). The Morgan fingerprint density at radius 1 is 0.462 bits per heavy atom. The molecule has 0 aromatic heterocycles. The van der Waals surface area contributed by atoms with Gasteiger partial charge in [-0.25, -0.2) is 0 Å². The monoisotopic (exact) mass is 336 g/mol. The van der Waals surface area contributed by atoms with E-state index >= 15 is 0 Å². The fourth-order valence-electron chi connectivity index (χ4n) is 0.642. The van der Waals surface area contributed by atoms with Crippen LogP contribution in [0, 0.1) is 64.2 Å². The topological polar surface area (TPSA) is 0 Å². The maximum Gasteiger partial charge on any atom is -0.0312 e. The van der Waals surface area contributed by atoms with Gasteiger partial charge in [0, 0.05) is 0 Å². The van der Waals surface area contributed by atoms with Crippen molar-refractivity contribution >= 4 is 26.3 Å². The number of halogens is 2. The van der Waals surface area contributed by atoms with Gasteiger partial charge in [0.2, 0.25) is 0 Å². The van der Waals surface area contributed by atoms with Crippen molar-refractivity contribution in [3.8, 4) is 0 Å². The van der Waals surface area contributed by atoms with Crippen molar-refractivity contribution < 1.29 is 15.0 Å². The minimum absolute atomic E-state index is 0.125. The molecule has 2 aliphatic carbocycles. The molecule has 0 N–H and O–H groups in total. The molecule has 3 heteroatoms. The van der Waals surface area contributed by atoms with Crippen LogP contribution in [-0.2, 0) is 15.0 Å². The first-order valence-corrected chi connectivity index (χ1v) is 11.4. The van der Waals surface area contributed by atoms with Gasteiger partial charge in [-0.05, 0) is 64.2 Å². The maximum atomic E-state index is 3.19. The molecule has 68 valence electrons. The third kappa shape index (κ3) is 13.7. The van der Waals surface area contributed by atoms with E-state index in [0.29, 0.717) is 0 Å². The van der Waals surface area contributed by atoms with Crippen LogP contribution >= 0.6 is 26.3 Å². The summed E-state index contributed by atoms with van der Waals surface area (Å²) < 4.78 is 0. The van der Waals surface area contributed by atoms with Crippen molar-refractivity contribution in [2.75, 3.05) is 0 Å². The molecule has 0 atom stereocenters. The third-order valence-electron chi connectivity index (χ3n) is 1.11. The quantitative estimate of drug-likeness (QED) is 0.591. The molecular formula is C10H10Br2Ti. The van der Waals surface area contributed by atoms with Crippen LogP contribution in [0.25, 0.3) is 0 Å². The Morgan fingerprint density at radius 2 is 0.538 bits per heavy atom. The molecule has 0 unspecified atom stereocenters. The van der Waals surface area contributed by atoms with Crippen molar-refractivity contribution in [1.82, 2.24) is 0 Å². The Morgan fingerprint density at radius 3 is 0.615 bits per heavy atom. The molecule has 0 heterocycles. The fraction of sp³-hybridized carbons (Fsp3) is 0. The summed E-state index contributed by atoms with van der Waals surface area (Å²) >= 11 is 6.50. The normalized spacial score (nSPS) is 19.5. The Bertz CT molecular complexity index is 55.8. The third-order valence-corrected chi connectivity index (χ3v) is 1.11. The Kier molecular flexibility index (Phi) is 15.4. The van der Waals surface area contributed by atoms with E-state index < -0.39 is 0 Å². The van der Waals surface area contributed by atoms with E-state index in [1.54, 1.807) is 0 Å². The standard InChI is InChI=1S/2C5H5.2BrH.Ti/c2*1-2-4-5-3-1;;;/h2*1-5H;2*1H;/q;;;;+2/p-2. The summed E-state index contributed by atoms with van der Waals surface area (Å²) in [6.07, 6.45) is 20.0. The minimum atomic E-state index is 0.125. The van der Waals surface area contributed by atoms with E-state index in [9.17, 15) is 0 Å². The van der Waals surface area contributed by atoms with E-state index in [1.807, 2.05) is 64.2 Å². The van der Waals surface area contributed by atoms with Gasteiger partial charge in [0.15, 0.2) is 0 Å². The molecule has 0 aliphatic heterocycles. The second kappa shape index (κ2) is 13.7. The minimum Gasteiger partial charge on any atom is -0.0312 e. The fourth-order valence-corrected chi connectivity index (χ4v) is 0.642. The van der Waals surface area contributed by atoms with Gasteiger partial charge >= 0.3 is 41.3 Å². The van der Waals surface area contributed by atoms with Crippen LogP contribution in [0.3, 0.4) is 0 Å². The first-order chi connectivity index (χ1) is 6.41. The first-order valence-electron chi connectivity index (χ1n) is 3.71. The molecule has 0 aromatic carbocycles. The van der Waals surface area contributed by atoms with Gasteiger partial charge in [-0.1, -0.05) is 0 Å². The van der Waals surface area contributed by atoms with Crippen LogP contribution in [0.5, 0.6) is 0 Å². The smallest absolute Gasteiger partial charge is 0.0312 e. The Labute approximate surface area is 105 Å². The second-order valence-electron chi connectivity index (χ2n) is 2.00. The average Bonchev–Trinajstić information content (AvgIpc) is 2.85. The van der Waals surface area contributed by atoms with Crippen molar-refractivity contribution in [1.29, 1.82) is 0 Å². The number of rotatable bonds is 0. The summed E-state index contributed by atoms with van der Waals surface area (Å²) in [6.45, 7) is 0. The van der Waals surface area contributed by atoms with Crippen LogP contribution in [0.15, 0.2) is 0 Å². The summed E-state index contributed by atoms with van der Waals surface area (Å²) in [6, 6.07) is 0. The molecule has 0 bridgehead atoms. The predicted octanol–water partition coefficient (Wildman–Crippen LogP) is 3.73. The molecule has 0 nitrogen and oxygen atoms in total. The van der Waals surface area contributed by atoms with E-state index in [0.717, 1.165) is 0 Å². The van der Waals surface area contributed by atoms with Crippen LogP contribution in [0.1, 0.15) is 0 Å². The summed E-state index contributed by atoms with van der Waals surface area (Å²) in [7, 11) is 0. The summed E-state index contributed by atoms with van der Waals surface area (Å²) in [5, 5.41) is 0. The van der Waals surface area contributed by atoms with Crippen molar-refractivity contribution in [3.05, 3.63) is 64.2 Å². The Hall–Kier alpha value is 1.67. The zero-order valence-electron chi connectivity index (χ0n) is 7.03. The van der Waals surface area contributed by atoms with E-state index in [2.05, 4.69) is 26.3 Å². The molecule has 0 spiro atoms. The van der Waals surface area contributed by atoms with Gasteiger partial charge in [-0.15, -0.1) is 0 Å². The van der Waals surface area contributed by atoms with Crippen LogP contribution in [0.4, 0.5) is 0 Å². The predicted molar refractivity (Wildman–Crippen MR) is 60.9 cm³/mol. The molecular weight excluding hydrogens is 328 g/mol. The van der Waals surface area contributed by atoms with Gasteiger partial charge in [-0.2, -0.15) is 0 Å². The zero-order chi connectivity index (χ0) is 9.78. The van der Waals surface area contributed by atoms with Crippen molar-refractivity contribution in [2.45, 2.75) is 0 Å². The summed E-state index contributed by atoms with van der Waals surface area (Å²) in [4.78, 5) is 0. The molecule has 0 saturated heterocycles. The number of hydrogen-bond donors (Lipinski definition) is 0. The van der Waals surface area contributed by atoms with Gasteiger partial charge in [-0.3, -0.25) is 0 Å². The van der Waals surface area contributed by atoms with Crippen LogP contribution in [0.2, 0.25) is 0 Å². The Balaban J connectivity index is 0.000000174. The number of hydrogen-bond acceptors (Lipinski definition) is 0. The average molecular weight is 338 g/mol. The van der Waals surface area contributed by atoms with Crippen LogP contribution in [-0.4, -0.2) is 0 Å². The molecule has 2 saturated carbocycles. The summed E-state index contributed by atoms with van der Waals surface area (Å²) in [5.74, 6) is 0. The molecule has 10 radical (unpaired) electrons.